The van der Waals surface area contributed by atoms with Gasteiger partial charge in [0.15, 0.2) is 12.1 Å². The lowest BCUT2D eigenvalue weighted by atomic mass is 9.41. The van der Waals surface area contributed by atoms with Crippen LogP contribution in [0.5, 0.6) is 0 Å². The molecular formula is C37H60O8. The van der Waals surface area contributed by atoms with E-state index in [2.05, 4.69) is 55.4 Å². The minimum Gasteiger partial charge on any atom is -0.388 e. The molecule has 8 aliphatic rings. The van der Waals surface area contributed by atoms with Crippen LogP contribution in [0, 0.1) is 50.7 Å². The van der Waals surface area contributed by atoms with Gasteiger partial charge in [0, 0.05) is 18.9 Å². The summed E-state index contributed by atoms with van der Waals surface area (Å²) in [4.78, 5) is 0. The highest BCUT2D eigenvalue weighted by atomic mass is 16.8. The van der Waals surface area contributed by atoms with Crippen molar-refractivity contribution in [3.8, 4) is 0 Å². The van der Waals surface area contributed by atoms with Crippen molar-refractivity contribution < 1.29 is 39.0 Å². The fraction of sp³-hybridized carbons (Fsp3) is 1.00. The molecule has 8 nitrogen and oxygen atoms in total. The highest BCUT2D eigenvalue weighted by Crippen LogP contribution is 2.90. The van der Waals surface area contributed by atoms with Crippen molar-refractivity contribution in [2.24, 2.45) is 50.7 Å². The van der Waals surface area contributed by atoms with Crippen LogP contribution in [0.25, 0.3) is 0 Å². The molecule has 5 aliphatic carbocycles. The zero-order valence-electron chi connectivity index (χ0n) is 29.0. The minimum atomic E-state index is -1.25. The van der Waals surface area contributed by atoms with E-state index in [1.165, 1.54) is 32.1 Å². The fourth-order valence-electron chi connectivity index (χ4n) is 14.4. The fourth-order valence-corrected chi connectivity index (χ4v) is 14.4. The van der Waals surface area contributed by atoms with Gasteiger partial charge in [0.25, 0.3) is 0 Å². The largest absolute Gasteiger partial charge is 0.388 e. The first-order valence-electron chi connectivity index (χ1n) is 18.3. The van der Waals surface area contributed by atoms with Crippen LogP contribution in [-0.4, -0.2) is 82.8 Å². The molecule has 16 atom stereocenters. The highest BCUT2D eigenvalue weighted by Gasteiger charge is 2.85. The van der Waals surface area contributed by atoms with Crippen molar-refractivity contribution in [1.82, 2.24) is 0 Å². The lowest BCUT2D eigenvalue weighted by molar-refractivity contribution is -0.302. The van der Waals surface area contributed by atoms with Crippen LogP contribution in [0.3, 0.4) is 0 Å². The van der Waals surface area contributed by atoms with Crippen LogP contribution < -0.4 is 0 Å². The summed E-state index contributed by atoms with van der Waals surface area (Å²) in [5.41, 5.74) is 0.551. The smallest absolute Gasteiger partial charge is 0.186 e. The van der Waals surface area contributed by atoms with Crippen LogP contribution in [0.2, 0.25) is 0 Å². The van der Waals surface area contributed by atoms with Crippen LogP contribution >= 0.6 is 0 Å². The third-order valence-electron chi connectivity index (χ3n) is 16.2. The second-order valence-electron chi connectivity index (χ2n) is 18.7. The Balaban J connectivity index is 1.07. The number of hydrogen-bond acceptors (Lipinski definition) is 8. The molecule has 0 aromatic heterocycles. The molecule has 2 bridgehead atoms. The molecule has 8 fully saturated rings. The van der Waals surface area contributed by atoms with E-state index in [1.54, 1.807) is 0 Å². The number of ether oxygens (including phenoxy) is 5. The van der Waals surface area contributed by atoms with Gasteiger partial charge >= 0.3 is 0 Å². The van der Waals surface area contributed by atoms with Crippen molar-refractivity contribution >= 4 is 0 Å². The summed E-state index contributed by atoms with van der Waals surface area (Å²) in [6, 6.07) is 0. The van der Waals surface area contributed by atoms with E-state index >= 15 is 0 Å². The third kappa shape index (κ3) is 3.83. The molecule has 3 N–H and O–H groups in total. The van der Waals surface area contributed by atoms with Crippen molar-refractivity contribution in [3.05, 3.63) is 0 Å². The standard InChI is InChI=1S/C37H60O8/c1-9-42-32(5,6)29-22-16-20(2)28-33(7)14-15-36-19-35(36)13-12-25(43-30-27(40)26(39)21(38)17-41-30)31(3,4)23(35)10-11-24(36)34(33,8)18-37(28,44-22)45-29/h20-30,38-40H,9-19H2,1-8H3/t20-,21-,22-,23+,24+,25+,26+,27-,28-,29+,30+,33-,34+,35-,36+,37-/m1/s1. The van der Waals surface area contributed by atoms with Gasteiger partial charge in [-0.15, -0.1) is 0 Å². The predicted molar refractivity (Wildman–Crippen MR) is 167 cm³/mol. The maximum atomic E-state index is 10.6. The number of rotatable bonds is 5. The quantitative estimate of drug-likeness (QED) is 0.356. The molecular weight excluding hydrogens is 572 g/mol. The Morgan fingerprint density at radius 2 is 1.56 bits per heavy atom. The van der Waals surface area contributed by atoms with Gasteiger partial charge in [-0.25, -0.2) is 0 Å². The van der Waals surface area contributed by atoms with Crippen LogP contribution in [-0.2, 0) is 23.7 Å². The second-order valence-corrected chi connectivity index (χ2v) is 18.7. The number of fused-ring (bicyclic) bond motifs is 4. The Morgan fingerprint density at radius 1 is 0.844 bits per heavy atom. The van der Waals surface area contributed by atoms with E-state index in [0.717, 1.165) is 25.7 Å². The SMILES string of the molecule is CCOC(C)(C)[C@H]1O[C@]23C[C@@]4(C)[C@@H]5CC[C@H]6C(C)(C)[C@@H](O[C@@H]7OC[C@@H](O)[C@H](O)[C@H]7O)CC[C@@]67C[C@@]57CC[C@]4(C)[C@H]2[C@H](C)C[C@H]1O3. The number of hydrogen-bond donors (Lipinski definition) is 3. The van der Waals surface area contributed by atoms with E-state index < -0.39 is 30.4 Å². The zero-order valence-corrected chi connectivity index (χ0v) is 29.0. The molecule has 3 saturated heterocycles. The molecule has 0 unspecified atom stereocenters. The van der Waals surface area contributed by atoms with Gasteiger partial charge in [-0.1, -0.05) is 34.6 Å². The topological polar surface area (TPSA) is 107 Å². The Kier molecular flexibility index (Phi) is 6.86. The summed E-state index contributed by atoms with van der Waals surface area (Å²) in [5, 5.41) is 30.9. The number of aliphatic hydroxyl groups excluding tert-OH is 3. The zero-order chi connectivity index (χ0) is 32.2. The van der Waals surface area contributed by atoms with Crippen LogP contribution in [0.15, 0.2) is 0 Å². The Hall–Kier alpha value is -0.320. The molecule has 45 heavy (non-hydrogen) atoms. The maximum absolute atomic E-state index is 10.6. The van der Waals surface area contributed by atoms with Gasteiger partial charge in [0.1, 0.15) is 24.4 Å². The minimum absolute atomic E-state index is 0.0231. The van der Waals surface area contributed by atoms with Gasteiger partial charge in [-0.3, -0.25) is 0 Å². The van der Waals surface area contributed by atoms with Gasteiger partial charge in [-0.05, 0) is 117 Å². The summed E-state index contributed by atoms with van der Waals surface area (Å²) in [5.74, 6) is 1.64. The summed E-state index contributed by atoms with van der Waals surface area (Å²) >= 11 is 0. The summed E-state index contributed by atoms with van der Waals surface area (Å²) in [6.07, 6.45) is 5.91. The molecule has 8 rings (SSSR count). The first-order chi connectivity index (χ1) is 21.0. The van der Waals surface area contributed by atoms with E-state index in [9.17, 15) is 15.3 Å². The predicted octanol–water partition coefficient (Wildman–Crippen LogP) is 5.19. The lowest BCUT2D eigenvalue weighted by Crippen LogP contribution is -2.60. The van der Waals surface area contributed by atoms with Gasteiger partial charge < -0.3 is 39.0 Å². The van der Waals surface area contributed by atoms with Gasteiger partial charge in [0.2, 0.25) is 0 Å². The van der Waals surface area contributed by atoms with E-state index in [1.807, 2.05) is 0 Å². The van der Waals surface area contributed by atoms with Crippen LogP contribution in [0.1, 0.15) is 113 Å². The second kappa shape index (κ2) is 9.68. The van der Waals surface area contributed by atoms with E-state index in [-0.39, 0.29) is 46.8 Å². The molecule has 0 aromatic carbocycles. The average molecular weight is 633 g/mol. The lowest BCUT2D eigenvalue weighted by Gasteiger charge is -2.63. The molecule has 3 spiro atoms. The highest BCUT2D eigenvalue weighted by molar-refractivity contribution is 5.32. The van der Waals surface area contributed by atoms with E-state index in [4.69, 9.17) is 23.7 Å². The third-order valence-corrected chi connectivity index (χ3v) is 16.2. The van der Waals surface area contributed by atoms with Crippen molar-refractivity contribution in [2.75, 3.05) is 13.2 Å². The molecule has 5 saturated carbocycles. The Labute approximate surface area is 270 Å². The summed E-state index contributed by atoms with van der Waals surface area (Å²) in [7, 11) is 0. The van der Waals surface area contributed by atoms with Crippen molar-refractivity contribution in [2.45, 2.75) is 167 Å². The molecule has 3 aliphatic heterocycles. The number of aliphatic hydroxyl groups is 3. The molecule has 3 heterocycles. The Morgan fingerprint density at radius 3 is 2.29 bits per heavy atom. The van der Waals surface area contributed by atoms with Gasteiger partial charge in [0.05, 0.1) is 24.4 Å². The first kappa shape index (κ1) is 31.9. The van der Waals surface area contributed by atoms with Crippen LogP contribution in [0.4, 0.5) is 0 Å². The van der Waals surface area contributed by atoms with E-state index in [0.29, 0.717) is 41.1 Å². The van der Waals surface area contributed by atoms with Crippen molar-refractivity contribution in [1.29, 1.82) is 0 Å². The monoisotopic (exact) mass is 632 g/mol. The molecule has 256 valence electrons. The maximum Gasteiger partial charge on any atom is 0.186 e. The molecule has 0 radical (unpaired) electrons. The average Bonchev–Trinajstić information content (AvgIpc) is 3.45. The van der Waals surface area contributed by atoms with Crippen molar-refractivity contribution in [3.63, 3.8) is 0 Å². The molecule has 0 amide bonds. The summed E-state index contributed by atoms with van der Waals surface area (Å²) < 4.78 is 32.9. The Bertz CT molecular complexity index is 1210. The first-order valence-corrected chi connectivity index (χ1v) is 18.3. The molecule has 0 aromatic rings. The molecule has 8 heteroatoms. The summed E-state index contributed by atoms with van der Waals surface area (Å²) in [6.45, 7) is 19.6. The van der Waals surface area contributed by atoms with Gasteiger partial charge in [-0.2, -0.15) is 0 Å². The normalized spacial score (nSPS) is 59.4.